The number of nitrogen functional groups attached to an aromatic ring is 1. The highest BCUT2D eigenvalue weighted by atomic mass is 16.4. The Hall–Kier alpha value is -3.75. The summed E-state index contributed by atoms with van der Waals surface area (Å²) in [6.07, 6.45) is 1.51. The van der Waals surface area contributed by atoms with Crippen molar-refractivity contribution in [2.24, 2.45) is 0 Å². The number of aldehydes is 1. The highest BCUT2D eigenvalue weighted by Gasteiger charge is 2.24. The molecule has 0 bridgehead atoms. The summed E-state index contributed by atoms with van der Waals surface area (Å²) in [5.41, 5.74) is 5.87. The molecule has 1 aromatic heterocycles. The highest BCUT2D eigenvalue weighted by Crippen LogP contribution is 2.14. The average Bonchev–Trinajstić information content (AvgIpc) is 2.71. The molecule has 0 fully saturated rings. The molecule has 2 aromatic rings. The van der Waals surface area contributed by atoms with Gasteiger partial charge >= 0.3 is 5.97 Å². The Kier molecular flexibility index (Phi) is 7.62. The lowest BCUT2D eigenvalue weighted by Gasteiger charge is -2.18. The van der Waals surface area contributed by atoms with Gasteiger partial charge in [-0.3, -0.25) is 19.2 Å². The number of nitrogens with zero attached hydrogens (tertiary/aromatic N) is 1. The van der Waals surface area contributed by atoms with Crippen LogP contribution in [-0.4, -0.2) is 39.7 Å². The van der Waals surface area contributed by atoms with Crippen LogP contribution in [0, 0.1) is 0 Å². The lowest BCUT2D eigenvalue weighted by atomic mass is 10.0. The number of hydrogen-bond donors (Lipinski definition) is 3. The van der Waals surface area contributed by atoms with Gasteiger partial charge in [-0.1, -0.05) is 30.3 Å². The number of amides is 1. The third-order valence-electron chi connectivity index (χ3n) is 4.60. The van der Waals surface area contributed by atoms with E-state index in [1.54, 1.807) is 0 Å². The maximum Gasteiger partial charge on any atom is 0.305 e. The van der Waals surface area contributed by atoms with Crippen LogP contribution in [0.3, 0.4) is 0 Å². The number of nitrogens with one attached hydrogen (secondary N) is 1. The van der Waals surface area contributed by atoms with Crippen molar-refractivity contribution in [1.29, 1.82) is 0 Å². The van der Waals surface area contributed by atoms with E-state index in [0.29, 0.717) is 12.7 Å². The molecule has 2 atom stereocenters. The van der Waals surface area contributed by atoms with Gasteiger partial charge in [0.15, 0.2) is 5.78 Å². The largest absolute Gasteiger partial charge is 0.481 e. The number of aryl methyl sites for hydroxylation is 1. The quantitative estimate of drug-likeness (QED) is 0.388. The second kappa shape index (κ2) is 10.1. The van der Waals surface area contributed by atoms with E-state index in [2.05, 4.69) is 5.32 Å². The van der Waals surface area contributed by atoms with E-state index >= 15 is 0 Å². The monoisotopic (exact) mass is 413 g/mol. The van der Waals surface area contributed by atoms with Crippen molar-refractivity contribution in [3.63, 3.8) is 0 Å². The summed E-state index contributed by atoms with van der Waals surface area (Å²) >= 11 is 0. The molecular weight excluding hydrogens is 390 g/mol. The van der Waals surface area contributed by atoms with Gasteiger partial charge in [0, 0.05) is 18.3 Å². The summed E-state index contributed by atoms with van der Waals surface area (Å²) in [6, 6.07) is 8.33. The van der Waals surface area contributed by atoms with Gasteiger partial charge in [-0.25, -0.2) is 0 Å². The van der Waals surface area contributed by atoms with E-state index in [9.17, 15) is 24.0 Å². The van der Waals surface area contributed by atoms with E-state index in [1.807, 2.05) is 30.3 Å². The van der Waals surface area contributed by atoms with Gasteiger partial charge < -0.3 is 25.5 Å². The lowest BCUT2D eigenvalue weighted by Crippen LogP contribution is -2.43. The standard InChI is InChI=1S/C21H23N3O6/c1-13(20(29)23-15(12-25)11-18(27)28)24-10-9-16(22)19(21(24)30)17(26)8-7-14-5-3-2-4-6-14/h2-6,9-10,12-13,15H,7-8,11,22H2,1H3,(H,23,29)(H,27,28). The second-order valence-corrected chi connectivity index (χ2v) is 6.79. The molecule has 9 nitrogen and oxygen atoms in total. The first kappa shape index (κ1) is 22.5. The lowest BCUT2D eigenvalue weighted by molar-refractivity contribution is -0.139. The van der Waals surface area contributed by atoms with Gasteiger partial charge in [0.05, 0.1) is 12.5 Å². The molecule has 1 heterocycles. The fraction of sp³-hybridized carbons (Fsp3) is 0.286. The van der Waals surface area contributed by atoms with Crippen molar-refractivity contribution < 1.29 is 24.3 Å². The minimum absolute atomic E-state index is 0.0126. The van der Waals surface area contributed by atoms with Crippen LogP contribution in [0.5, 0.6) is 0 Å². The molecule has 0 spiro atoms. The Morgan fingerprint density at radius 3 is 2.47 bits per heavy atom. The zero-order chi connectivity index (χ0) is 22.3. The van der Waals surface area contributed by atoms with Crippen LogP contribution < -0.4 is 16.6 Å². The van der Waals surface area contributed by atoms with Crippen LogP contribution in [0.1, 0.15) is 41.7 Å². The number of carbonyl (C=O) groups excluding carboxylic acids is 3. The predicted octanol–water partition coefficient (Wildman–Crippen LogP) is 0.965. The Labute approximate surface area is 172 Å². The summed E-state index contributed by atoms with van der Waals surface area (Å²) < 4.78 is 1.03. The molecule has 0 aliphatic carbocycles. The fourth-order valence-electron chi connectivity index (χ4n) is 2.93. The molecule has 1 amide bonds. The number of aromatic nitrogens is 1. The molecule has 2 rings (SSSR count). The van der Waals surface area contributed by atoms with Crippen molar-refractivity contribution in [1.82, 2.24) is 9.88 Å². The average molecular weight is 413 g/mol. The first-order valence-electron chi connectivity index (χ1n) is 9.29. The van der Waals surface area contributed by atoms with Crippen molar-refractivity contribution in [3.8, 4) is 0 Å². The van der Waals surface area contributed by atoms with Crippen LogP contribution in [0.15, 0.2) is 47.4 Å². The summed E-state index contributed by atoms with van der Waals surface area (Å²) in [5.74, 6) is -2.43. The molecule has 1 aromatic carbocycles. The molecule has 0 radical (unpaired) electrons. The summed E-state index contributed by atoms with van der Waals surface area (Å²) in [5, 5.41) is 11.0. The Morgan fingerprint density at radius 1 is 1.20 bits per heavy atom. The first-order valence-corrected chi connectivity index (χ1v) is 9.29. The fourth-order valence-corrected chi connectivity index (χ4v) is 2.93. The first-order chi connectivity index (χ1) is 14.2. The highest BCUT2D eigenvalue weighted by molar-refractivity contribution is 6.00. The number of aliphatic carboxylic acids is 1. The number of benzene rings is 1. The summed E-state index contributed by atoms with van der Waals surface area (Å²) in [7, 11) is 0. The zero-order valence-electron chi connectivity index (χ0n) is 16.4. The van der Waals surface area contributed by atoms with Crippen molar-refractivity contribution in [2.45, 2.75) is 38.3 Å². The van der Waals surface area contributed by atoms with E-state index < -0.39 is 41.7 Å². The summed E-state index contributed by atoms with van der Waals surface area (Å²) in [6.45, 7) is 1.40. The van der Waals surface area contributed by atoms with E-state index in [1.165, 1.54) is 19.2 Å². The molecule has 158 valence electrons. The number of anilines is 1. The number of nitrogens with two attached hydrogens (primary N) is 1. The third kappa shape index (κ3) is 5.63. The Balaban J connectivity index is 2.20. The number of carboxylic acids is 1. The molecule has 0 aliphatic rings. The van der Waals surface area contributed by atoms with E-state index in [0.717, 1.165) is 10.1 Å². The van der Waals surface area contributed by atoms with Crippen molar-refractivity contribution in [2.75, 3.05) is 5.73 Å². The van der Waals surface area contributed by atoms with Crippen LogP contribution in [0.2, 0.25) is 0 Å². The van der Waals surface area contributed by atoms with Gasteiger partial charge in [-0.15, -0.1) is 0 Å². The minimum atomic E-state index is -1.25. The van der Waals surface area contributed by atoms with Crippen molar-refractivity contribution >= 4 is 29.6 Å². The SMILES string of the molecule is CC(C(=O)NC(C=O)CC(=O)O)n1ccc(N)c(C(=O)CCc2ccccc2)c1=O. The molecule has 30 heavy (non-hydrogen) atoms. The van der Waals surface area contributed by atoms with Gasteiger partial charge in [0.1, 0.15) is 17.9 Å². The molecule has 2 unspecified atom stereocenters. The number of carbonyl (C=O) groups is 4. The molecule has 9 heteroatoms. The molecule has 0 aliphatic heterocycles. The van der Waals surface area contributed by atoms with E-state index in [4.69, 9.17) is 10.8 Å². The number of Topliss-reactive ketones (excluding diaryl/α,β-unsaturated/α-hetero) is 1. The van der Waals surface area contributed by atoms with Gasteiger partial charge in [0.25, 0.3) is 5.56 Å². The molecule has 0 saturated heterocycles. The number of rotatable bonds is 10. The molecule has 4 N–H and O–H groups in total. The topological polar surface area (TPSA) is 149 Å². The van der Waals surface area contributed by atoms with Crippen LogP contribution >= 0.6 is 0 Å². The van der Waals surface area contributed by atoms with Gasteiger partial charge in [0.2, 0.25) is 5.91 Å². The normalized spacial score (nSPS) is 12.6. The predicted molar refractivity (Wildman–Crippen MR) is 109 cm³/mol. The Morgan fingerprint density at radius 2 is 1.87 bits per heavy atom. The number of ketones is 1. The van der Waals surface area contributed by atoms with Gasteiger partial charge in [-0.05, 0) is 25.0 Å². The number of hydrogen-bond acceptors (Lipinski definition) is 6. The van der Waals surface area contributed by atoms with Crippen LogP contribution in [-0.2, 0) is 20.8 Å². The maximum atomic E-state index is 12.8. The maximum absolute atomic E-state index is 12.8. The third-order valence-corrected chi connectivity index (χ3v) is 4.60. The minimum Gasteiger partial charge on any atom is -0.481 e. The molecular formula is C21H23N3O6. The van der Waals surface area contributed by atoms with Crippen LogP contribution in [0.4, 0.5) is 5.69 Å². The Bertz CT molecular complexity index is 1000. The summed E-state index contributed by atoms with van der Waals surface area (Å²) in [4.78, 5) is 59.6. The number of pyridine rings is 1. The second-order valence-electron chi connectivity index (χ2n) is 6.79. The molecule has 0 saturated carbocycles. The van der Waals surface area contributed by atoms with Crippen molar-refractivity contribution in [3.05, 3.63) is 64.1 Å². The smallest absolute Gasteiger partial charge is 0.305 e. The van der Waals surface area contributed by atoms with Gasteiger partial charge in [-0.2, -0.15) is 0 Å². The number of carboxylic acid groups (broad SMARTS) is 1. The zero-order valence-corrected chi connectivity index (χ0v) is 16.4. The van der Waals surface area contributed by atoms with E-state index in [-0.39, 0.29) is 17.7 Å². The van der Waals surface area contributed by atoms with Crippen LogP contribution in [0.25, 0.3) is 0 Å².